The number of anilines is 1. The van der Waals surface area contributed by atoms with Gasteiger partial charge in [-0.1, -0.05) is 6.07 Å². The second-order valence-corrected chi connectivity index (χ2v) is 4.59. The molecule has 18 heavy (non-hydrogen) atoms. The predicted molar refractivity (Wildman–Crippen MR) is 71.5 cm³/mol. The first-order valence-electron chi connectivity index (χ1n) is 6.31. The molecule has 1 aromatic heterocycles. The van der Waals surface area contributed by atoms with Gasteiger partial charge in [0.05, 0.1) is 0 Å². The van der Waals surface area contributed by atoms with Crippen molar-refractivity contribution in [3.8, 4) is 0 Å². The van der Waals surface area contributed by atoms with Gasteiger partial charge in [-0.05, 0) is 27.0 Å². The summed E-state index contributed by atoms with van der Waals surface area (Å²) in [6.45, 7) is 5.48. The first-order valence-corrected chi connectivity index (χ1v) is 6.31. The standard InChI is InChI=1S/C13H20N4O/c1-9(14-3)11-5-4-6-15-12(11)17-8-7-16-13(18)10(17)2/h4-6,9-10,14H,7-8H2,1-3H3,(H,16,18). The van der Waals surface area contributed by atoms with E-state index in [9.17, 15) is 4.79 Å². The molecule has 1 aliphatic heterocycles. The Bertz CT molecular complexity index is 435. The van der Waals surface area contributed by atoms with Gasteiger partial charge in [0.25, 0.3) is 0 Å². The molecule has 2 unspecified atom stereocenters. The summed E-state index contributed by atoms with van der Waals surface area (Å²) in [5, 5.41) is 6.09. The minimum atomic E-state index is -0.170. The van der Waals surface area contributed by atoms with E-state index < -0.39 is 0 Å². The van der Waals surface area contributed by atoms with Crippen LogP contribution in [0.4, 0.5) is 5.82 Å². The molecular formula is C13H20N4O. The van der Waals surface area contributed by atoms with Crippen LogP contribution in [0.3, 0.4) is 0 Å². The minimum absolute atomic E-state index is 0.0648. The quantitative estimate of drug-likeness (QED) is 0.826. The molecule has 5 nitrogen and oxygen atoms in total. The topological polar surface area (TPSA) is 57.3 Å². The Morgan fingerprint density at radius 3 is 3.11 bits per heavy atom. The zero-order valence-corrected chi connectivity index (χ0v) is 11.1. The molecule has 1 aromatic rings. The molecule has 5 heteroatoms. The second-order valence-electron chi connectivity index (χ2n) is 4.59. The summed E-state index contributed by atoms with van der Waals surface area (Å²) >= 11 is 0. The molecule has 0 aliphatic carbocycles. The van der Waals surface area contributed by atoms with Crippen LogP contribution in [0.5, 0.6) is 0 Å². The zero-order valence-electron chi connectivity index (χ0n) is 11.1. The molecule has 2 heterocycles. The number of pyridine rings is 1. The van der Waals surface area contributed by atoms with E-state index in [1.807, 2.05) is 20.0 Å². The number of nitrogens with zero attached hydrogens (tertiary/aromatic N) is 2. The number of hydrogen-bond acceptors (Lipinski definition) is 4. The Morgan fingerprint density at radius 2 is 2.39 bits per heavy atom. The third kappa shape index (κ3) is 2.31. The highest BCUT2D eigenvalue weighted by Gasteiger charge is 2.28. The molecule has 98 valence electrons. The molecule has 1 aliphatic rings. The maximum Gasteiger partial charge on any atom is 0.242 e. The Kier molecular flexibility index (Phi) is 3.81. The first-order chi connectivity index (χ1) is 8.65. The van der Waals surface area contributed by atoms with E-state index in [0.29, 0.717) is 6.54 Å². The van der Waals surface area contributed by atoms with Crippen LogP contribution in [-0.2, 0) is 4.79 Å². The molecule has 2 rings (SSSR count). The average molecular weight is 248 g/mol. The van der Waals surface area contributed by atoms with E-state index in [-0.39, 0.29) is 18.0 Å². The zero-order chi connectivity index (χ0) is 13.1. The normalized spacial score (nSPS) is 21.6. The number of rotatable bonds is 3. The van der Waals surface area contributed by atoms with Crippen molar-refractivity contribution in [1.82, 2.24) is 15.6 Å². The summed E-state index contributed by atoms with van der Waals surface area (Å²) < 4.78 is 0. The van der Waals surface area contributed by atoms with Gasteiger partial charge in [-0.15, -0.1) is 0 Å². The molecule has 0 spiro atoms. The Hall–Kier alpha value is -1.62. The smallest absolute Gasteiger partial charge is 0.242 e. The summed E-state index contributed by atoms with van der Waals surface area (Å²) in [5.41, 5.74) is 1.13. The average Bonchev–Trinajstić information content (AvgIpc) is 2.41. The monoisotopic (exact) mass is 248 g/mol. The summed E-state index contributed by atoms with van der Waals surface area (Å²) in [7, 11) is 1.92. The Balaban J connectivity index is 2.35. The number of carbonyl (C=O) groups is 1. The summed E-state index contributed by atoms with van der Waals surface area (Å²) in [6.07, 6.45) is 1.78. The highest BCUT2D eigenvalue weighted by Crippen LogP contribution is 2.25. The van der Waals surface area contributed by atoms with Crippen LogP contribution in [0.2, 0.25) is 0 Å². The van der Waals surface area contributed by atoms with Crippen LogP contribution >= 0.6 is 0 Å². The van der Waals surface area contributed by atoms with Gasteiger partial charge in [0.1, 0.15) is 11.9 Å². The molecule has 1 fully saturated rings. The largest absolute Gasteiger partial charge is 0.353 e. The SMILES string of the molecule is CNC(C)c1cccnc1N1CCNC(=O)C1C. The maximum atomic E-state index is 11.7. The highest BCUT2D eigenvalue weighted by atomic mass is 16.2. The lowest BCUT2D eigenvalue weighted by Gasteiger charge is -2.35. The summed E-state index contributed by atoms with van der Waals surface area (Å²) in [6, 6.07) is 4.03. The van der Waals surface area contributed by atoms with E-state index in [4.69, 9.17) is 0 Å². The fourth-order valence-electron chi connectivity index (χ4n) is 2.21. The van der Waals surface area contributed by atoms with Gasteiger partial charge < -0.3 is 15.5 Å². The van der Waals surface area contributed by atoms with Gasteiger partial charge in [-0.2, -0.15) is 0 Å². The van der Waals surface area contributed by atoms with Gasteiger partial charge in [0.15, 0.2) is 0 Å². The Morgan fingerprint density at radius 1 is 1.61 bits per heavy atom. The van der Waals surface area contributed by atoms with E-state index in [2.05, 4.69) is 33.5 Å². The van der Waals surface area contributed by atoms with E-state index in [1.165, 1.54) is 0 Å². The van der Waals surface area contributed by atoms with Crippen LogP contribution in [0.15, 0.2) is 18.3 Å². The summed E-state index contributed by atoms with van der Waals surface area (Å²) in [5.74, 6) is 0.969. The number of nitrogens with one attached hydrogen (secondary N) is 2. The predicted octanol–water partition coefficient (Wildman–Crippen LogP) is 0.687. The molecule has 0 aromatic carbocycles. The van der Waals surface area contributed by atoms with Gasteiger partial charge >= 0.3 is 0 Å². The van der Waals surface area contributed by atoms with E-state index in [1.54, 1.807) is 6.20 Å². The van der Waals surface area contributed by atoms with E-state index in [0.717, 1.165) is 17.9 Å². The van der Waals surface area contributed by atoms with Crippen LogP contribution < -0.4 is 15.5 Å². The lowest BCUT2D eigenvalue weighted by Crippen LogP contribution is -2.54. The van der Waals surface area contributed by atoms with Crippen molar-refractivity contribution in [3.63, 3.8) is 0 Å². The molecule has 2 atom stereocenters. The van der Waals surface area contributed by atoms with Crippen molar-refractivity contribution in [2.75, 3.05) is 25.0 Å². The van der Waals surface area contributed by atoms with Crippen molar-refractivity contribution in [2.24, 2.45) is 0 Å². The fourth-order valence-corrected chi connectivity index (χ4v) is 2.21. The molecule has 0 bridgehead atoms. The molecular weight excluding hydrogens is 228 g/mol. The number of piperazine rings is 1. The van der Waals surface area contributed by atoms with Crippen LogP contribution in [0.25, 0.3) is 0 Å². The Labute approximate surface area is 108 Å². The first kappa shape index (κ1) is 12.8. The van der Waals surface area contributed by atoms with Crippen molar-refractivity contribution in [2.45, 2.75) is 25.9 Å². The maximum absolute atomic E-state index is 11.7. The molecule has 0 radical (unpaired) electrons. The number of carbonyl (C=O) groups excluding carboxylic acids is 1. The van der Waals surface area contributed by atoms with Crippen molar-refractivity contribution in [3.05, 3.63) is 23.9 Å². The molecule has 1 amide bonds. The van der Waals surface area contributed by atoms with Crippen molar-refractivity contribution >= 4 is 11.7 Å². The van der Waals surface area contributed by atoms with Gasteiger partial charge in [0.2, 0.25) is 5.91 Å². The molecule has 1 saturated heterocycles. The van der Waals surface area contributed by atoms with Crippen molar-refractivity contribution in [1.29, 1.82) is 0 Å². The van der Waals surface area contributed by atoms with Gasteiger partial charge in [0, 0.05) is 30.9 Å². The van der Waals surface area contributed by atoms with Crippen LogP contribution in [-0.4, -0.2) is 37.1 Å². The minimum Gasteiger partial charge on any atom is -0.353 e. The fraction of sp³-hybridized carbons (Fsp3) is 0.538. The lowest BCUT2D eigenvalue weighted by atomic mass is 10.1. The summed E-state index contributed by atoms with van der Waals surface area (Å²) in [4.78, 5) is 18.3. The molecule has 2 N–H and O–H groups in total. The van der Waals surface area contributed by atoms with E-state index >= 15 is 0 Å². The van der Waals surface area contributed by atoms with Crippen LogP contribution in [0, 0.1) is 0 Å². The number of aromatic nitrogens is 1. The lowest BCUT2D eigenvalue weighted by molar-refractivity contribution is -0.122. The molecule has 0 saturated carbocycles. The van der Waals surface area contributed by atoms with Crippen LogP contribution in [0.1, 0.15) is 25.5 Å². The number of hydrogen-bond donors (Lipinski definition) is 2. The third-order valence-corrected chi connectivity index (χ3v) is 3.49. The van der Waals surface area contributed by atoms with Crippen molar-refractivity contribution < 1.29 is 4.79 Å². The van der Waals surface area contributed by atoms with Gasteiger partial charge in [-0.3, -0.25) is 4.79 Å². The third-order valence-electron chi connectivity index (χ3n) is 3.49. The van der Waals surface area contributed by atoms with Gasteiger partial charge in [-0.25, -0.2) is 4.98 Å². The second kappa shape index (κ2) is 5.35. The number of amides is 1. The highest BCUT2D eigenvalue weighted by molar-refractivity contribution is 5.86.